The lowest BCUT2D eigenvalue weighted by Gasteiger charge is -2.45. The number of amides is 1. The number of nitrogens with two attached hydrogens (primary N) is 1. The van der Waals surface area contributed by atoms with Gasteiger partial charge >= 0.3 is 0 Å². The van der Waals surface area contributed by atoms with Gasteiger partial charge in [0.1, 0.15) is 24.1 Å². The van der Waals surface area contributed by atoms with Gasteiger partial charge in [0, 0.05) is 18.7 Å². The number of hydrogen-bond donors (Lipinski definition) is 6. The maximum absolute atomic E-state index is 12.5. The molecule has 2 aromatic rings. The molecule has 1 amide bonds. The van der Waals surface area contributed by atoms with E-state index in [0.29, 0.717) is 23.4 Å². The van der Waals surface area contributed by atoms with Crippen LogP contribution >= 0.6 is 0 Å². The SMILES string of the molecule is Cc1cc(-c2cccc(C(=O)NCCN(C)C)c2)ccc1O[C@H]1O[C@H](CO)[C@@H](O)[C@H](O)[C@]1(N)O. The maximum Gasteiger partial charge on any atom is 0.251 e. The summed E-state index contributed by atoms with van der Waals surface area (Å²) in [4.78, 5) is 14.4. The van der Waals surface area contributed by atoms with Crippen molar-refractivity contribution in [1.82, 2.24) is 10.2 Å². The minimum atomic E-state index is -2.40. The van der Waals surface area contributed by atoms with Gasteiger partial charge < -0.3 is 40.1 Å². The minimum absolute atomic E-state index is 0.156. The van der Waals surface area contributed by atoms with E-state index in [4.69, 9.17) is 15.2 Å². The third kappa shape index (κ3) is 5.73. The van der Waals surface area contributed by atoms with Gasteiger partial charge in [0.15, 0.2) is 0 Å². The Kier molecular flexibility index (Phi) is 8.26. The van der Waals surface area contributed by atoms with Crippen LogP contribution < -0.4 is 15.8 Å². The normalized spacial score (nSPS) is 27.0. The van der Waals surface area contributed by atoms with E-state index in [1.165, 1.54) is 0 Å². The molecular weight excluding hydrogens is 442 g/mol. The molecule has 0 unspecified atom stereocenters. The van der Waals surface area contributed by atoms with Crippen LogP contribution in [0.2, 0.25) is 0 Å². The topological polar surface area (TPSA) is 158 Å². The first-order chi connectivity index (χ1) is 16.0. The number of benzene rings is 2. The van der Waals surface area contributed by atoms with Gasteiger partial charge in [0.25, 0.3) is 5.91 Å². The summed E-state index contributed by atoms with van der Waals surface area (Å²) < 4.78 is 11.1. The molecule has 3 rings (SSSR count). The number of rotatable bonds is 8. The molecule has 10 nitrogen and oxygen atoms in total. The number of aryl methyl sites for hydroxylation is 1. The molecule has 1 aliphatic rings. The molecule has 0 saturated carbocycles. The standard InChI is InChI=1S/C24H33N3O7/c1-14-11-16(15-5-4-6-17(12-15)22(31)26-9-10-27(2)3)7-8-18(14)33-23-24(25,32)21(30)20(29)19(13-28)34-23/h4-8,11-12,19-21,23,28-30,32H,9-10,13,25H2,1-3H3,(H,26,31)/t19-,20-,21+,23+,24+/m1/s1. The molecule has 10 heteroatoms. The monoisotopic (exact) mass is 475 g/mol. The quantitative estimate of drug-likeness (QED) is 0.275. The van der Waals surface area contributed by atoms with E-state index >= 15 is 0 Å². The lowest BCUT2D eigenvalue weighted by Crippen LogP contribution is -2.72. The first-order valence-corrected chi connectivity index (χ1v) is 11.0. The Bertz CT molecular complexity index is 998. The number of aliphatic hydroxyl groups excluding tert-OH is 3. The predicted molar refractivity (Wildman–Crippen MR) is 125 cm³/mol. The van der Waals surface area contributed by atoms with Crippen LogP contribution in [0, 0.1) is 6.92 Å². The lowest BCUT2D eigenvalue weighted by atomic mass is 9.94. The van der Waals surface area contributed by atoms with Gasteiger partial charge in [-0.1, -0.05) is 18.2 Å². The summed E-state index contributed by atoms with van der Waals surface area (Å²) in [6, 6.07) is 12.5. The Morgan fingerprint density at radius 1 is 1.21 bits per heavy atom. The van der Waals surface area contributed by atoms with Gasteiger partial charge in [-0.15, -0.1) is 0 Å². The van der Waals surface area contributed by atoms with Crippen molar-refractivity contribution < 1.29 is 34.7 Å². The first-order valence-electron chi connectivity index (χ1n) is 11.0. The summed E-state index contributed by atoms with van der Waals surface area (Å²) in [7, 11) is 3.88. The Labute approximate surface area is 198 Å². The number of nitrogens with one attached hydrogen (secondary N) is 1. The van der Waals surface area contributed by atoms with E-state index in [-0.39, 0.29) is 5.91 Å². The summed E-state index contributed by atoms with van der Waals surface area (Å²) in [5.74, 6) is 0.173. The summed E-state index contributed by atoms with van der Waals surface area (Å²) in [5, 5.41) is 42.8. The van der Waals surface area contributed by atoms with Crippen molar-refractivity contribution in [3.8, 4) is 16.9 Å². The molecule has 34 heavy (non-hydrogen) atoms. The number of carbonyl (C=O) groups excluding carboxylic acids is 1. The van der Waals surface area contributed by atoms with E-state index in [1.807, 2.05) is 37.2 Å². The average molecular weight is 476 g/mol. The lowest BCUT2D eigenvalue weighted by molar-refractivity contribution is -0.319. The molecule has 1 saturated heterocycles. The molecule has 1 fully saturated rings. The summed E-state index contributed by atoms with van der Waals surface area (Å²) in [6.07, 6.45) is -6.05. The molecular formula is C24H33N3O7. The van der Waals surface area contributed by atoms with Crippen LogP contribution in [0.3, 0.4) is 0 Å². The van der Waals surface area contributed by atoms with Crippen LogP contribution in [0.1, 0.15) is 15.9 Å². The van der Waals surface area contributed by atoms with E-state index in [1.54, 1.807) is 31.2 Å². The highest BCUT2D eigenvalue weighted by Crippen LogP contribution is 2.32. The van der Waals surface area contributed by atoms with Gasteiger partial charge in [-0.25, -0.2) is 0 Å². The van der Waals surface area contributed by atoms with E-state index in [0.717, 1.165) is 17.7 Å². The third-order valence-electron chi connectivity index (χ3n) is 5.75. The van der Waals surface area contributed by atoms with Crippen LogP contribution in [-0.4, -0.2) is 95.4 Å². The molecule has 186 valence electrons. The average Bonchev–Trinajstić information content (AvgIpc) is 2.80. The van der Waals surface area contributed by atoms with Crippen molar-refractivity contribution in [2.75, 3.05) is 33.8 Å². The molecule has 1 heterocycles. The molecule has 0 radical (unpaired) electrons. The maximum atomic E-state index is 12.5. The van der Waals surface area contributed by atoms with Crippen molar-refractivity contribution in [2.45, 2.75) is 37.3 Å². The molecule has 5 atom stereocenters. The zero-order chi connectivity index (χ0) is 25.0. The number of carbonyl (C=O) groups is 1. The largest absolute Gasteiger partial charge is 0.460 e. The van der Waals surface area contributed by atoms with Crippen LogP contribution in [0.15, 0.2) is 42.5 Å². The van der Waals surface area contributed by atoms with Crippen LogP contribution in [0.25, 0.3) is 11.1 Å². The second-order valence-electron chi connectivity index (χ2n) is 8.75. The molecule has 7 N–H and O–H groups in total. The zero-order valence-corrected chi connectivity index (χ0v) is 19.5. The van der Waals surface area contributed by atoms with Gasteiger partial charge in [0.2, 0.25) is 12.0 Å². The third-order valence-corrected chi connectivity index (χ3v) is 5.75. The van der Waals surface area contributed by atoms with Gasteiger partial charge in [-0.2, -0.15) is 0 Å². The molecule has 2 aromatic carbocycles. The predicted octanol–water partition coefficient (Wildman–Crippen LogP) is -0.581. The number of nitrogens with zero attached hydrogens (tertiary/aromatic N) is 1. The van der Waals surface area contributed by atoms with Crippen molar-refractivity contribution in [1.29, 1.82) is 0 Å². The fourth-order valence-corrected chi connectivity index (χ4v) is 3.65. The van der Waals surface area contributed by atoms with Crippen LogP contribution in [0.5, 0.6) is 5.75 Å². The van der Waals surface area contributed by atoms with Gasteiger partial charge in [0.05, 0.1) is 6.61 Å². The number of likely N-dealkylation sites (N-methyl/N-ethyl adjacent to an activating group) is 1. The molecule has 0 aromatic heterocycles. The van der Waals surface area contributed by atoms with Gasteiger partial charge in [-0.3, -0.25) is 10.5 Å². The Morgan fingerprint density at radius 3 is 2.56 bits per heavy atom. The van der Waals surface area contributed by atoms with E-state index in [2.05, 4.69) is 5.32 Å². The van der Waals surface area contributed by atoms with E-state index in [9.17, 15) is 25.2 Å². The number of hydrogen-bond acceptors (Lipinski definition) is 9. The highest BCUT2D eigenvalue weighted by molar-refractivity contribution is 5.95. The molecule has 0 spiro atoms. The van der Waals surface area contributed by atoms with Crippen molar-refractivity contribution in [2.24, 2.45) is 5.73 Å². The second kappa shape index (κ2) is 10.8. The van der Waals surface area contributed by atoms with Crippen LogP contribution in [-0.2, 0) is 4.74 Å². The summed E-state index contributed by atoms with van der Waals surface area (Å²) in [5.41, 5.74) is 6.25. The second-order valence-corrected chi connectivity index (χ2v) is 8.75. The van der Waals surface area contributed by atoms with Crippen LogP contribution in [0.4, 0.5) is 0 Å². The Hall–Kier alpha value is -2.57. The zero-order valence-electron chi connectivity index (χ0n) is 19.5. The Morgan fingerprint density at radius 2 is 1.91 bits per heavy atom. The molecule has 1 aliphatic heterocycles. The van der Waals surface area contributed by atoms with Crippen molar-refractivity contribution in [3.05, 3.63) is 53.6 Å². The number of aliphatic hydroxyl groups is 4. The highest BCUT2D eigenvalue weighted by atomic mass is 16.7. The van der Waals surface area contributed by atoms with E-state index < -0.39 is 36.9 Å². The fraction of sp³-hybridized carbons (Fsp3) is 0.458. The van der Waals surface area contributed by atoms with Crippen molar-refractivity contribution >= 4 is 5.91 Å². The molecule has 0 aliphatic carbocycles. The van der Waals surface area contributed by atoms with Crippen molar-refractivity contribution in [3.63, 3.8) is 0 Å². The highest BCUT2D eigenvalue weighted by Gasteiger charge is 2.54. The molecule has 0 bridgehead atoms. The number of ether oxygens (including phenoxy) is 2. The minimum Gasteiger partial charge on any atom is -0.460 e. The summed E-state index contributed by atoms with van der Waals surface area (Å²) in [6.45, 7) is 2.47. The van der Waals surface area contributed by atoms with Gasteiger partial charge in [-0.05, 0) is 62.0 Å². The Balaban J connectivity index is 1.76. The summed E-state index contributed by atoms with van der Waals surface area (Å²) >= 11 is 0. The first kappa shape index (κ1) is 26.0. The smallest absolute Gasteiger partial charge is 0.251 e. The fourth-order valence-electron chi connectivity index (χ4n) is 3.65.